The number of amides is 1. The number of rotatable bonds is 5. The fraction of sp³-hybridized carbons (Fsp3) is 0.200. The summed E-state index contributed by atoms with van der Waals surface area (Å²) < 4.78 is 13.7. The van der Waals surface area contributed by atoms with E-state index in [2.05, 4.69) is 10.3 Å². The van der Waals surface area contributed by atoms with Crippen LogP contribution in [-0.2, 0) is 11.3 Å². The molecule has 1 aromatic carbocycles. The number of hydrogen-bond acceptors (Lipinski definition) is 2. The van der Waals surface area contributed by atoms with Crippen LogP contribution < -0.4 is 10.2 Å². The van der Waals surface area contributed by atoms with Gasteiger partial charge in [-0.05, 0) is 18.2 Å². The zero-order valence-corrected chi connectivity index (χ0v) is 14.4. The first-order valence-electron chi connectivity index (χ1n) is 6.72. The summed E-state index contributed by atoms with van der Waals surface area (Å²) in [7, 11) is 1.76. The van der Waals surface area contributed by atoms with Crippen LogP contribution in [-0.4, -0.2) is 24.5 Å². The van der Waals surface area contributed by atoms with Gasteiger partial charge in [0.15, 0.2) is 12.4 Å². The molecule has 1 aromatic heterocycles. The number of likely N-dealkylation sites (N-methyl/N-ethyl adjacent to an activating group) is 1. The van der Waals surface area contributed by atoms with E-state index in [0.29, 0.717) is 15.6 Å². The first-order valence-corrected chi connectivity index (χ1v) is 7.85. The summed E-state index contributed by atoms with van der Waals surface area (Å²) in [5.74, 6) is -0.454. The molecule has 4 nitrogen and oxygen atoms in total. The van der Waals surface area contributed by atoms with Crippen LogP contribution in [0.15, 0.2) is 30.5 Å². The number of pyridine rings is 1. The average molecular weight is 378 g/mol. The van der Waals surface area contributed by atoms with E-state index >= 15 is 0 Å². The maximum atomic E-state index is 13.7. The van der Waals surface area contributed by atoms with Crippen LogP contribution in [0.25, 0.3) is 0 Å². The predicted octanol–water partition coefficient (Wildman–Crippen LogP) is 2.83. The third kappa shape index (κ3) is 5.04. The summed E-state index contributed by atoms with van der Waals surface area (Å²) in [6.45, 7) is 0.381. The Hall–Kier alpha value is -1.40. The topological polar surface area (TPSA) is 46.4 Å². The van der Waals surface area contributed by atoms with Crippen LogP contribution in [0, 0.1) is 5.82 Å². The normalized spacial score (nSPS) is 12.0. The van der Waals surface area contributed by atoms with Crippen LogP contribution in [0.1, 0.15) is 5.56 Å². The SMILES string of the molecule is C[NH+](CC(=O)Nc1ncc(Cl)cc1Cl)Cc1c(F)cccc1Cl. The molecular weight excluding hydrogens is 364 g/mol. The Labute approximate surface area is 148 Å². The van der Waals surface area contributed by atoms with Crippen molar-refractivity contribution >= 4 is 46.5 Å². The van der Waals surface area contributed by atoms with Gasteiger partial charge < -0.3 is 10.2 Å². The van der Waals surface area contributed by atoms with Crippen molar-refractivity contribution in [2.75, 3.05) is 18.9 Å². The third-order valence-electron chi connectivity index (χ3n) is 3.07. The molecule has 8 heteroatoms. The predicted molar refractivity (Wildman–Crippen MR) is 89.8 cm³/mol. The van der Waals surface area contributed by atoms with E-state index in [1.54, 1.807) is 13.1 Å². The second kappa shape index (κ2) is 7.93. The Morgan fingerprint density at radius 1 is 1.30 bits per heavy atom. The lowest BCUT2D eigenvalue weighted by atomic mass is 10.2. The largest absolute Gasteiger partial charge is 0.326 e. The maximum absolute atomic E-state index is 13.7. The van der Waals surface area contributed by atoms with Gasteiger partial charge in [0.1, 0.15) is 12.4 Å². The summed E-state index contributed by atoms with van der Waals surface area (Å²) in [5, 5.41) is 3.57. The van der Waals surface area contributed by atoms with Gasteiger partial charge in [-0.15, -0.1) is 0 Å². The van der Waals surface area contributed by atoms with Gasteiger partial charge in [0.25, 0.3) is 5.91 Å². The van der Waals surface area contributed by atoms with Gasteiger partial charge in [0.2, 0.25) is 0 Å². The standard InChI is InChI=1S/C15H13Cl3FN3O/c1-22(7-10-11(17)3-2-4-13(10)19)8-14(23)21-15-12(18)5-9(16)6-20-15/h2-6H,7-8H2,1H3,(H,20,21,23)/p+1. The van der Waals surface area contributed by atoms with Gasteiger partial charge in [0.05, 0.1) is 27.7 Å². The van der Waals surface area contributed by atoms with E-state index in [4.69, 9.17) is 34.8 Å². The minimum Gasteiger partial charge on any atom is -0.326 e. The zero-order chi connectivity index (χ0) is 17.0. The van der Waals surface area contributed by atoms with Gasteiger partial charge in [-0.2, -0.15) is 0 Å². The minimum absolute atomic E-state index is 0.102. The monoisotopic (exact) mass is 376 g/mol. The number of nitrogens with one attached hydrogen (secondary N) is 2. The van der Waals surface area contributed by atoms with Gasteiger partial charge in [-0.3, -0.25) is 4.79 Å². The average Bonchev–Trinajstić information content (AvgIpc) is 2.46. The maximum Gasteiger partial charge on any atom is 0.280 e. The minimum atomic E-state index is -0.389. The molecule has 0 aliphatic rings. The number of halogens is 4. The van der Waals surface area contributed by atoms with Crippen molar-refractivity contribution in [2.45, 2.75) is 6.54 Å². The van der Waals surface area contributed by atoms with Crippen molar-refractivity contribution in [3.05, 3.63) is 56.9 Å². The highest BCUT2D eigenvalue weighted by atomic mass is 35.5. The van der Waals surface area contributed by atoms with Crippen molar-refractivity contribution < 1.29 is 14.1 Å². The van der Waals surface area contributed by atoms with E-state index in [9.17, 15) is 9.18 Å². The molecule has 0 aliphatic carbocycles. The third-order valence-corrected chi connectivity index (χ3v) is 3.92. The lowest BCUT2D eigenvalue weighted by Gasteiger charge is -2.15. The molecule has 0 saturated carbocycles. The lowest BCUT2D eigenvalue weighted by molar-refractivity contribution is -0.885. The summed E-state index contributed by atoms with van der Waals surface area (Å²) in [4.78, 5) is 16.7. The summed E-state index contributed by atoms with van der Waals surface area (Å²) in [6.07, 6.45) is 1.39. The molecule has 0 fully saturated rings. The summed E-state index contributed by atoms with van der Waals surface area (Å²) in [5.41, 5.74) is 0.377. The van der Waals surface area contributed by atoms with Crippen LogP contribution in [0.4, 0.5) is 10.2 Å². The summed E-state index contributed by atoms with van der Waals surface area (Å²) >= 11 is 17.7. The van der Waals surface area contributed by atoms with Gasteiger partial charge in [0, 0.05) is 6.20 Å². The van der Waals surface area contributed by atoms with Crippen LogP contribution >= 0.6 is 34.8 Å². The van der Waals surface area contributed by atoms with Crippen molar-refractivity contribution in [3.63, 3.8) is 0 Å². The zero-order valence-electron chi connectivity index (χ0n) is 12.2. The van der Waals surface area contributed by atoms with E-state index in [1.807, 2.05) is 0 Å². The Morgan fingerprint density at radius 2 is 2.04 bits per heavy atom. The highest BCUT2D eigenvalue weighted by molar-refractivity contribution is 6.36. The van der Waals surface area contributed by atoms with E-state index in [1.165, 1.54) is 24.4 Å². The molecule has 122 valence electrons. The Balaban J connectivity index is 1.97. The molecule has 0 radical (unpaired) electrons. The second-order valence-corrected chi connectivity index (χ2v) is 6.29. The van der Waals surface area contributed by atoms with E-state index in [0.717, 1.165) is 4.90 Å². The fourth-order valence-corrected chi connectivity index (χ4v) is 2.68. The van der Waals surface area contributed by atoms with Crippen molar-refractivity contribution in [2.24, 2.45) is 0 Å². The first kappa shape index (κ1) is 17.9. The molecule has 0 spiro atoms. The second-order valence-electron chi connectivity index (χ2n) is 5.04. The Bertz CT molecular complexity index is 707. The van der Waals surface area contributed by atoms with Crippen LogP contribution in [0.2, 0.25) is 15.1 Å². The number of anilines is 1. The molecule has 2 N–H and O–H groups in total. The number of carbonyl (C=O) groups is 1. The molecule has 0 bridgehead atoms. The molecule has 0 saturated heterocycles. The molecule has 2 aromatic rings. The molecule has 2 rings (SSSR count). The molecular formula is C15H14Cl3FN3O+. The first-order chi connectivity index (χ1) is 10.9. The molecule has 1 unspecified atom stereocenters. The molecule has 1 atom stereocenters. The number of benzene rings is 1. The molecule has 0 aliphatic heterocycles. The smallest absolute Gasteiger partial charge is 0.280 e. The number of nitrogens with zero attached hydrogens (tertiary/aromatic N) is 1. The quantitative estimate of drug-likeness (QED) is 0.842. The van der Waals surface area contributed by atoms with Crippen molar-refractivity contribution in [1.82, 2.24) is 4.98 Å². The van der Waals surface area contributed by atoms with Gasteiger partial charge in [-0.1, -0.05) is 40.9 Å². The van der Waals surface area contributed by atoms with Crippen molar-refractivity contribution in [1.29, 1.82) is 0 Å². The summed E-state index contributed by atoms with van der Waals surface area (Å²) in [6, 6.07) is 5.98. The molecule has 1 heterocycles. The number of aromatic nitrogens is 1. The fourth-order valence-electron chi connectivity index (χ4n) is 2.02. The molecule has 1 amide bonds. The van der Waals surface area contributed by atoms with Crippen LogP contribution in [0.3, 0.4) is 0 Å². The highest BCUT2D eigenvalue weighted by Crippen LogP contribution is 2.22. The number of carbonyl (C=O) groups excluding carboxylic acids is 1. The Kier molecular flexibility index (Phi) is 6.18. The highest BCUT2D eigenvalue weighted by Gasteiger charge is 2.16. The van der Waals surface area contributed by atoms with E-state index in [-0.39, 0.29) is 35.7 Å². The number of hydrogen-bond donors (Lipinski definition) is 2. The lowest BCUT2D eigenvalue weighted by Crippen LogP contribution is -3.08. The Morgan fingerprint density at radius 3 is 2.70 bits per heavy atom. The van der Waals surface area contributed by atoms with Gasteiger partial charge >= 0.3 is 0 Å². The van der Waals surface area contributed by atoms with Crippen molar-refractivity contribution in [3.8, 4) is 0 Å². The van der Waals surface area contributed by atoms with Gasteiger partial charge in [-0.25, -0.2) is 9.37 Å². The van der Waals surface area contributed by atoms with E-state index < -0.39 is 0 Å². The van der Waals surface area contributed by atoms with Crippen LogP contribution in [0.5, 0.6) is 0 Å². The number of quaternary nitrogens is 1. The molecule has 23 heavy (non-hydrogen) atoms.